The Morgan fingerprint density at radius 2 is 1.88 bits per heavy atom. The highest BCUT2D eigenvalue weighted by Gasteiger charge is 2.46. The van der Waals surface area contributed by atoms with Crippen LogP contribution in [-0.2, 0) is 0 Å². The van der Waals surface area contributed by atoms with E-state index in [9.17, 15) is 13.2 Å². The number of halogens is 3. The van der Waals surface area contributed by atoms with Crippen LogP contribution in [0, 0.1) is 0 Å². The molecule has 0 amide bonds. The molecule has 2 unspecified atom stereocenters. The van der Waals surface area contributed by atoms with Crippen LogP contribution in [0.2, 0.25) is 0 Å². The van der Waals surface area contributed by atoms with Crippen LogP contribution in [0.1, 0.15) is 27.2 Å². The van der Waals surface area contributed by atoms with Crippen LogP contribution in [0.4, 0.5) is 13.2 Å². The van der Waals surface area contributed by atoms with Crippen molar-refractivity contribution >= 4 is 11.8 Å². The van der Waals surface area contributed by atoms with Gasteiger partial charge in [-0.1, -0.05) is 13.8 Å². The fraction of sp³-hybridized carbons (Fsp3) is 1.00. The Morgan fingerprint density at radius 3 is 2.35 bits per heavy atom. The molecule has 0 spiro atoms. The summed E-state index contributed by atoms with van der Waals surface area (Å²) in [7, 11) is 0. The maximum atomic E-state index is 13.0. The molecule has 0 saturated carbocycles. The largest absolute Gasteiger partial charge is 0.405 e. The Kier molecular flexibility index (Phi) is 4.77. The van der Waals surface area contributed by atoms with Crippen molar-refractivity contribution in [1.29, 1.82) is 0 Å². The Balaban J connectivity index is 2.76. The number of hydrogen-bond donors (Lipinski definition) is 1. The van der Waals surface area contributed by atoms with Crippen molar-refractivity contribution < 1.29 is 13.2 Å². The van der Waals surface area contributed by atoms with Crippen molar-refractivity contribution in [3.63, 3.8) is 0 Å². The zero-order chi connectivity index (χ0) is 13.3. The van der Waals surface area contributed by atoms with Gasteiger partial charge in [-0.25, -0.2) is 0 Å². The van der Waals surface area contributed by atoms with Gasteiger partial charge in [-0.2, -0.15) is 24.9 Å². The predicted molar refractivity (Wildman–Crippen MR) is 66.2 cm³/mol. The lowest BCUT2D eigenvalue weighted by Gasteiger charge is -2.34. The highest BCUT2D eigenvalue weighted by atomic mass is 32.2. The van der Waals surface area contributed by atoms with Gasteiger partial charge >= 0.3 is 6.18 Å². The first kappa shape index (κ1) is 15.1. The van der Waals surface area contributed by atoms with E-state index in [-0.39, 0.29) is 4.75 Å². The van der Waals surface area contributed by atoms with E-state index in [2.05, 4.69) is 13.8 Å². The van der Waals surface area contributed by atoms with Crippen LogP contribution in [-0.4, -0.2) is 46.7 Å². The molecule has 2 nitrogen and oxygen atoms in total. The van der Waals surface area contributed by atoms with E-state index in [4.69, 9.17) is 5.73 Å². The molecule has 1 rings (SSSR count). The van der Waals surface area contributed by atoms with Gasteiger partial charge in [-0.05, 0) is 13.3 Å². The fourth-order valence-corrected chi connectivity index (χ4v) is 3.27. The first-order chi connectivity index (χ1) is 7.63. The van der Waals surface area contributed by atoms with Gasteiger partial charge in [0.15, 0.2) is 0 Å². The molecule has 1 aliphatic rings. The highest BCUT2D eigenvalue weighted by molar-refractivity contribution is 8.00. The molecule has 1 saturated heterocycles. The molecule has 17 heavy (non-hydrogen) atoms. The van der Waals surface area contributed by atoms with E-state index in [0.717, 1.165) is 12.2 Å². The lowest BCUT2D eigenvalue weighted by molar-refractivity contribution is -0.187. The average molecular weight is 270 g/mol. The van der Waals surface area contributed by atoms with E-state index in [1.807, 2.05) is 0 Å². The van der Waals surface area contributed by atoms with Crippen molar-refractivity contribution in [3.8, 4) is 0 Å². The minimum atomic E-state index is -4.24. The fourth-order valence-electron chi connectivity index (χ4n) is 2.15. The molecule has 6 heteroatoms. The van der Waals surface area contributed by atoms with E-state index >= 15 is 0 Å². The van der Waals surface area contributed by atoms with Gasteiger partial charge in [0.2, 0.25) is 0 Å². The van der Waals surface area contributed by atoms with Gasteiger partial charge in [0.05, 0.1) is 0 Å². The number of nitrogens with zero attached hydrogens (tertiary/aromatic N) is 1. The number of hydrogen-bond acceptors (Lipinski definition) is 3. The van der Waals surface area contributed by atoms with Gasteiger partial charge in [0.25, 0.3) is 0 Å². The molecule has 1 heterocycles. The van der Waals surface area contributed by atoms with E-state index in [0.29, 0.717) is 13.1 Å². The van der Waals surface area contributed by atoms with E-state index < -0.39 is 18.3 Å². The maximum Gasteiger partial charge on any atom is 0.405 e. The molecule has 2 atom stereocenters. The minimum absolute atomic E-state index is 0.0583. The topological polar surface area (TPSA) is 29.3 Å². The average Bonchev–Trinajstić information content (AvgIpc) is 2.25. The van der Waals surface area contributed by atoms with Gasteiger partial charge < -0.3 is 5.73 Å². The summed E-state index contributed by atoms with van der Waals surface area (Å²) in [6, 6.07) is -2.40. The third-order valence-electron chi connectivity index (χ3n) is 3.10. The van der Waals surface area contributed by atoms with Crippen LogP contribution in [0.15, 0.2) is 0 Å². The quantitative estimate of drug-likeness (QED) is 0.836. The molecule has 1 fully saturated rings. The number of alkyl halides is 3. The molecule has 2 N–H and O–H groups in total. The first-order valence-corrected chi connectivity index (χ1v) is 6.82. The van der Waals surface area contributed by atoms with Crippen LogP contribution in [0.3, 0.4) is 0 Å². The zero-order valence-corrected chi connectivity index (χ0v) is 11.4. The summed E-state index contributed by atoms with van der Waals surface area (Å²) >= 11 is 1.73. The second-order valence-corrected chi connectivity index (χ2v) is 7.04. The van der Waals surface area contributed by atoms with Crippen LogP contribution >= 0.6 is 11.8 Å². The zero-order valence-electron chi connectivity index (χ0n) is 10.5. The van der Waals surface area contributed by atoms with Crippen LogP contribution < -0.4 is 5.73 Å². The third-order valence-corrected chi connectivity index (χ3v) is 4.47. The summed E-state index contributed by atoms with van der Waals surface area (Å²) in [6.45, 7) is 6.51. The van der Waals surface area contributed by atoms with Crippen LogP contribution in [0.25, 0.3) is 0 Å². The summed E-state index contributed by atoms with van der Waals surface area (Å²) in [5.41, 5.74) is 5.50. The van der Waals surface area contributed by atoms with Gasteiger partial charge in [-0.15, -0.1) is 0 Å². The lowest BCUT2D eigenvalue weighted by atomic mass is 10.1. The Bertz CT molecular complexity index is 254. The number of nitrogens with two attached hydrogens (primary N) is 1. The molecule has 0 aromatic rings. The molecule has 0 aromatic carbocycles. The summed E-state index contributed by atoms with van der Waals surface area (Å²) in [6.07, 6.45) is -3.48. The highest BCUT2D eigenvalue weighted by Crippen LogP contribution is 2.34. The van der Waals surface area contributed by atoms with Gasteiger partial charge in [0, 0.05) is 29.6 Å². The van der Waals surface area contributed by atoms with Crippen molar-refractivity contribution in [2.75, 3.05) is 18.8 Å². The second kappa shape index (κ2) is 5.36. The first-order valence-electron chi connectivity index (χ1n) is 5.84. The minimum Gasteiger partial charge on any atom is -0.326 e. The monoisotopic (exact) mass is 270 g/mol. The Morgan fingerprint density at radius 1 is 1.29 bits per heavy atom. The normalized spacial score (nSPS) is 26.3. The van der Waals surface area contributed by atoms with Crippen molar-refractivity contribution in [3.05, 3.63) is 0 Å². The van der Waals surface area contributed by atoms with Gasteiger partial charge in [-0.3, -0.25) is 4.90 Å². The number of rotatable bonds is 2. The molecule has 102 valence electrons. The molecule has 0 aromatic heterocycles. The summed E-state index contributed by atoms with van der Waals surface area (Å²) in [5, 5.41) is 0. The summed E-state index contributed by atoms with van der Waals surface area (Å²) in [5.74, 6) is 0.728. The van der Waals surface area contributed by atoms with Crippen LogP contribution in [0.5, 0.6) is 0 Å². The lowest BCUT2D eigenvalue weighted by Crippen LogP contribution is -2.55. The van der Waals surface area contributed by atoms with Crippen molar-refractivity contribution in [2.45, 2.75) is 50.2 Å². The smallest absolute Gasteiger partial charge is 0.326 e. The molecule has 0 aliphatic carbocycles. The molecule has 0 bridgehead atoms. The summed E-state index contributed by atoms with van der Waals surface area (Å²) in [4.78, 5) is 1.49. The predicted octanol–water partition coefficient (Wildman–Crippen LogP) is 2.48. The molecular formula is C11H21F3N2S. The summed E-state index contributed by atoms with van der Waals surface area (Å²) < 4.78 is 38.9. The molecule has 1 aliphatic heterocycles. The van der Waals surface area contributed by atoms with Crippen molar-refractivity contribution in [1.82, 2.24) is 4.90 Å². The van der Waals surface area contributed by atoms with Crippen molar-refractivity contribution in [2.24, 2.45) is 5.73 Å². The standard InChI is InChI=1S/C11H21F3N2S/c1-8(15)9(11(12,13)14)16-5-4-10(2,3)17-7-6-16/h8-9H,4-7,15H2,1-3H3. The van der Waals surface area contributed by atoms with E-state index in [1.54, 1.807) is 11.8 Å². The Labute approximate surface area is 105 Å². The number of thioether (sulfide) groups is 1. The van der Waals surface area contributed by atoms with E-state index in [1.165, 1.54) is 11.8 Å². The Hall–Kier alpha value is 0.0600. The SMILES string of the molecule is CC(N)C(N1CCSC(C)(C)CC1)C(F)(F)F. The molecule has 0 radical (unpaired) electrons. The third kappa shape index (κ3) is 4.34. The molecular weight excluding hydrogens is 249 g/mol. The van der Waals surface area contributed by atoms with Gasteiger partial charge in [0.1, 0.15) is 6.04 Å². The second-order valence-electron chi connectivity index (χ2n) is 5.24. The maximum absolute atomic E-state index is 13.0.